The number of nitrogens with one attached hydrogen (secondary N) is 1. The molecule has 1 aromatic heterocycles. The number of benzene rings is 1. The summed E-state index contributed by atoms with van der Waals surface area (Å²) >= 11 is 0. The third kappa shape index (κ3) is 5.30. The summed E-state index contributed by atoms with van der Waals surface area (Å²) in [6.45, 7) is 3.18. The smallest absolute Gasteiger partial charge is 0.238 e. The summed E-state index contributed by atoms with van der Waals surface area (Å²) in [5.41, 5.74) is 2.10. The summed E-state index contributed by atoms with van der Waals surface area (Å²) < 4.78 is 0. The van der Waals surface area contributed by atoms with Gasteiger partial charge in [-0.3, -0.25) is 14.5 Å². The van der Waals surface area contributed by atoms with E-state index in [-0.39, 0.29) is 11.8 Å². The highest BCUT2D eigenvalue weighted by Crippen LogP contribution is 2.30. The van der Waals surface area contributed by atoms with Gasteiger partial charge >= 0.3 is 0 Å². The van der Waals surface area contributed by atoms with Gasteiger partial charge in [0, 0.05) is 38.8 Å². The molecule has 7 nitrogen and oxygen atoms in total. The molecule has 34 heavy (non-hydrogen) atoms. The third-order valence-corrected chi connectivity index (χ3v) is 7.76. The van der Waals surface area contributed by atoms with Crippen LogP contribution < -0.4 is 10.2 Å². The molecule has 5 rings (SSSR count). The second kappa shape index (κ2) is 10.6. The first-order chi connectivity index (χ1) is 16.7. The molecule has 0 radical (unpaired) electrons. The molecule has 1 N–H and O–H groups in total. The van der Waals surface area contributed by atoms with Crippen molar-refractivity contribution in [1.29, 1.82) is 0 Å². The first kappa shape index (κ1) is 23.0. The molecule has 1 saturated carbocycles. The number of carbonyl (C=O) groups is 2. The van der Waals surface area contributed by atoms with Gasteiger partial charge < -0.3 is 10.2 Å². The molecule has 2 saturated heterocycles. The Morgan fingerprint density at radius 1 is 0.971 bits per heavy atom. The Bertz CT molecular complexity index is 962. The molecule has 0 spiro atoms. The summed E-state index contributed by atoms with van der Waals surface area (Å²) in [6.07, 6.45) is 10.6. The minimum Gasteiger partial charge on any atom is -0.343 e. The minimum absolute atomic E-state index is 0.0248. The van der Waals surface area contributed by atoms with Gasteiger partial charge in [0.2, 0.25) is 11.8 Å². The number of aromatic nitrogens is 2. The van der Waals surface area contributed by atoms with E-state index in [0.717, 1.165) is 44.5 Å². The summed E-state index contributed by atoms with van der Waals surface area (Å²) in [7, 11) is 0. The second-order valence-electron chi connectivity index (χ2n) is 10.2. The molecule has 3 fully saturated rings. The minimum atomic E-state index is -0.0248. The molecule has 2 aliphatic heterocycles. The zero-order valence-electron chi connectivity index (χ0n) is 19.9. The van der Waals surface area contributed by atoms with E-state index in [1.54, 1.807) is 17.2 Å². The number of nitrogens with zero attached hydrogens (tertiary/aromatic N) is 4. The zero-order valence-corrected chi connectivity index (χ0v) is 19.9. The molecule has 0 atom stereocenters. The molecule has 3 heterocycles. The lowest BCUT2D eigenvalue weighted by Crippen LogP contribution is -2.51. The molecule has 2 amide bonds. The van der Waals surface area contributed by atoms with Crippen LogP contribution in [0, 0.1) is 17.8 Å². The predicted octanol–water partition coefficient (Wildman–Crippen LogP) is 3.72. The Hall–Kier alpha value is -2.80. The number of anilines is 2. The number of piperidine rings is 1. The summed E-state index contributed by atoms with van der Waals surface area (Å²) in [5, 5.41) is 11.3. The SMILES string of the molecule is O=C(CC1CCCC1)N1CCC(Cc2ccc(N(C(=O)C3CNC3)c3cccnn3)cc2)CC1. The van der Waals surface area contributed by atoms with Gasteiger partial charge in [-0.1, -0.05) is 25.0 Å². The Kier molecular flexibility index (Phi) is 7.19. The zero-order chi connectivity index (χ0) is 23.3. The van der Waals surface area contributed by atoms with Crippen molar-refractivity contribution >= 4 is 23.3 Å². The van der Waals surface area contributed by atoms with Crippen molar-refractivity contribution in [2.75, 3.05) is 31.1 Å². The normalized spacial score (nSPS) is 19.7. The highest BCUT2D eigenvalue weighted by atomic mass is 16.2. The van der Waals surface area contributed by atoms with Crippen molar-refractivity contribution in [2.24, 2.45) is 17.8 Å². The highest BCUT2D eigenvalue weighted by Gasteiger charge is 2.32. The topological polar surface area (TPSA) is 78.4 Å². The second-order valence-corrected chi connectivity index (χ2v) is 10.2. The fourth-order valence-corrected chi connectivity index (χ4v) is 5.52. The fourth-order valence-electron chi connectivity index (χ4n) is 5.52. The van der Waals surface area contributed by atoms with Gasteiger partial charge in [0.05, 0.1) is 11.6 Å². The summed E-state index contributed by atoms with van der Waals surface area (Å²) in [4.78, 5) is 29.5. The van der Waals surface area contributed by atoms with Crippen LogP contribution in [0.5, 0.6) is 0 Å². The van der Waals surface area contributed by atoms with Crippen molar-refractivity contribution in [3.05, 3.63) is 48.2 Å². The maximum Gasteiger partial charge on any atom is 0.238 e. The van der Waals surface area contributed by atoms with Gasteiger partial charge in [-0.15, -0.1) is 5.10 Å². The number of amides is 2. The Morgan fingerprint density at radius 2 is 1.71 bits per heavy atom. The van der Waals surface area contributed by atoms with E-state index in [2.05, 4.69) is 32.5 Å². The number of likely N-dealkylation sites (tertiary alicyclic amines) is 1. The molecule has 2 aromatic rings. The van der Waals surface area contributed by atoms with Crippen molar-refractivity contribution in [3.8, 4) is 0 Å². The standard InChI is InChI=1S/C27H35N5O2/c33-26(17-20-4-1-2-5-20)31-14-11-22(12-15-31)16-21-7-9-24(10-8-21)32(25-6-3-13-29-30-25)27(34)23-18-28-19-23/h3,6-10,13,20,22-23,28H,1-2,4-5,11-12,14-19H2. The van der Waals surface area contributed by atoms with Gasteiger partial charge in [0.1, 0.15) is 0 Å². The van der Waals surface area contributed by atoms with Crippen molar-refractivity contribution in [3.63, 3.8) is 0 Å². The monoisotopic (exact) mass is 461 g/mol. The van der Waals surface area contributed by atoms with Crippen LogP contribution in [-0.4, -0.2) is 53.1 Å². The lowest BCUT2D eigenvalue weighted by atomic mass is 9.89. The maximum absolute atomic E-state index is 13.1. The van der Waals surface area contributed by atoms with Gasteiger partial charge in [0.15, 0.2) is 5.82 Å². The lowest BCUT2D eigenvalue weighted by molar-refractivity contribution is -0.133. The van der Waals surface area contributed by atoms with Gasteiger partial charge in [-0.05, 0) is 73.8 Å². The number of hydrogen-bond acceptors (Lipinski definition) is 5. The molecular formula is C27H35N5O2. The summed E-state index contributed by atoms with van der Waals surface area (Å²) in [6, 6.07) is 11.9. The first-order valence-electron chi connectivity index (χ1n) is 12.9. The average molecular weight is 462 g/mol. The van der Waals surface area contributed by atoms with Crippen LogP contribution in [0.1, 0.15) is 50.5 Å². The van der Waals surface area contributed by atoms with Crippen LogP contribution >= 0.6 is 0 Å². The van der Waals surface area contributed by atoms with Gasteiger partial charge in [-0.25, -0.2) is 0 Å². The molecule has 1 aliphatic carbocycles. The van der Waals surface area contributed by atoms with E-state index in [9.17, 15) is 9.59 Å². The average Bonchev–Trinajstić information content (AvgIpc) is 3.33. The van der Waals surface area contributed by atoms with Crippen molar-refractivity contribution in [1.82, 2.24) is 20.4 Å². The van der Waals surface area contributed by atoms with Gasteiger partial charge in [0.25, 0.3) is 0 Å². The van der Waals surface area contributed by atoms with Crippen molar-refractivity contribution in [2.45, 2.75) is 51.4 Å². The largest absolute Gasteiger partial charge is 0.343 e. The lowest BCUT2D eigenvalue weighted by Gasteiger charge is -2.33. The van der Waals surface area contributed by atoms with Crippen LogP contribution in [0.4, 0.5) is 11.5 Å². The van der Waals surface area contributed by atoms with E-state index in [4.69, 9.17) is 0 Å². The fraction of sp³-hybridized carbons (Fsp3) is 0.556. The third-order valence-electron chi connectivity index (χ3n) is 7.76. The molecular weight excluding hydrogens is 426 g/mol. The van der Waals surface area contributed by atoms with E-state index >= 15 is 0 Å². The molecule has 1 aromatic carbocycles. The van der Waals surface area contributed by atoms with Crippen molar-refractivity contribution < 1.29 is 9.59 Å². The Morgan fingerprint density at radius 3 is 2.32 bits per heavy atom. The maximum atomic E-state index is 13.1. The van der Waals surface area contributed by atoms with Crippen LogP contribution in [0.2, 0.25) is 0 Å². The Balaban J connectivity index is 1.18. The molecule has 7 heteroatoms. The van der Waals surface area contributed by atoms with E-state index in [0.29, 0.717) is 36.7 Å². The van der Waals surface area contributed by atoms with Crippen LogP contribution in [-0.2, 0) is 16.0 Å². The molecule has 0 unspecified atom stereocenters. The molecule has 180 valence electrons. The van der Waals surface area contributed by atoms with Crippen LogP contribution in [0.25, 0.3) is 0 Å². The van der Waals surface area contributed by atoms with E-state index < -0.39 is 0 Å². The number of carbonyl (C=O) groups excluding carboxylic acids is 2. The predicted molar refractivity (Wildman–Crippen MR) is 132 cm³/mol. The number of rotatable bonds is 7. The number of hydrogen-bond donors (Lipinski definition) is 1. The molecule has 0 bridgehead atoms. The van der Waals surface area contributed by atoms with Gasteiger partial charge in [-0.2, -0.15) is 5.10 Å². The summed E-state index contributed by atoms with van der Waals surface area (Å²) in [5.74, 6) is 2.18. The Labute approximate surface area is 201 Å². The quantitative estimate of drug-likeness (QED) is 0.680. The first-order valence-corrected chi connectivity index (χ1v) is 12.9. The highest BCUT2D eigenvalue weighted by molar-refractivity contribution is 6.01. The van der Waals surface area contributed by atoms with E-state index in [1.807, 2.05) is 18.2 Å². The van der Waals surface area contributed by atoms with E-state index in [1.165, 1.54) is 31.2 Å². The van der Waals surface area contributed by atoms with Crippen LogP contribution in [0.15, 0.2) is 42.6 Å². The molecule has 3 aliphatic rings. The van der Waals surface area contributed by atoms with Crippen LogP contribution in [0.3, 0.4) is 0 Å².